The van der Waals surface area contributed by atoms with E-state index in [-0.39, 0.29) is 6.04 Å². The van der Waals surface area contributed by atoms with Crippen LogP contribution in [0.2, 0.25) is 0 Å². The van der Waals surface area contributed by atoms with E-state index in [1.165, 1.54) is 0 Å². The summed E-state index contributed by atoms with van der Waals surface area (Å²) in [4.78, 5) is 5.75. The standard InChI is InChI=1S/C17H19NO3/c1-20-17-16(19)15(14-10-6-3-7-11-14)18(21-17)12-13-8-4-2-5-9-13/h2-11,15-17,19H,12H2,1H3/t15-,16+,17+/m1/s1. The molecular weight excluding hydrogens is 266 g/mol. The molecule has 0 aromatic heterocycles. The molecule has 1 fully saturated rings. The second-order valence-electron chi connectivity index (χ2n) is 5.12. The normalized spacial score (nSPS) is 26.1. The summed E-state index contributed by atoms with van der Waals surface area (Å²) in [7, 11) is 1.54. The van der Waals surface area contributed by atoms with Crippen LogP contribution in [-0.2, 0) is 16.1 Å². The number of hydrogen-bond donors (Lipinski definition) is 1. The van der Waals surface area contributed by atoms with Crippen molar-refractivity contribution in [2.45, 2.75) is 25.0 Å². The molecule has 0 spiro atoms. The zero-order chi connectivity index (χ0) is 14.7. The Labute approximate surface area is 124 Å². The maximum atomic E-state index is 10.5. The van der Waals surface area contributed by atoms with Gasteiger partial charge in [0.05, 0.1) is 12.6 Å². The third-order valence-electron chi connectivity index (χ3n) is 3.71. The van der Waals surface area contributed by atoms with E-state index in [2.05, 4.69) is 0 Å². The summed E-state index contributed by atoms with van der Waals surface area (Å²) in [6, 6.07) is 19.7. The number of aliphatic hydroxyl groups excluding tert-OH is 1. The molecule has 1 N–H and O–H groups in total. The SMILES string of the molecule is CO[C@H]1ON(Cc2ccccc2)[C@H](c2ccccc2)[C@@H]1O. The van der Waals surface area contributed by atoms with Crippen molar-refractivity contribution in [1.82, 2.24) is 5.06 Å². The van der Waals surface area contributed by atoms with Crippen LogP contribution in [0.1, 0.15) is 17.2 Å². The molecule has 1 aliphatic heterocycles. The smallest absolute Gasteiger partial charge is 0.205 e. The first-order chi connectivity index (χ1) is 10.3. The summed E-state index contributed by atoms with van der Waals surface area (Å²) in [6.45, 7) is 0.595. The number of hydrogen-bond acceptors (Lipinski definition) is 4. The van der Waals surface area contributed by atoms with Crippen LogP contribution in [0.25, 0.3) is 0 Å². The van der Waals surface area contributed by atoms with Crippen molar-refractivity contribution in [3.05, 3.63) is 71.8 Å². The largest absolute Gasteiger partial charge is 0.386 e. The molecule has 2 aromatic carbocycles. The molecule has 1 aliphatic rings. The highest BCUT2D eigenvalue weighted by Gasteiger charge is 2.43. The van der Waals surface area contributed by atoms with Gasteiger partial charge in [0.1, 0.15) is 6.10 Å². The Morgan fingerprint density at radius 3 is 2.29 bits per heavy atom. The first kappa shape index (κ1) is 14.2. The van der Waals surface area contributed by atoms with E-state index in [1.807, 2.05) is 60.7 Å². The van der Waals surface area contributed by atoms with Crippen LogP contribution in [0.5, 0.6) is 0 Å². The molecule has 0 unspecified atom stereocenters. The van der Waals surface area contributed by atoms with Crippen molar-refractivity contribution in [2.24, 2.45) is 0 Å². The minimum absolute atomic E-state index is 0.239. The third kappa shape index (κ3) is 2.99. The molecule has 1 heterocycles. The van der Waals surface area contributed by atoms with Crippen LogP contribution in [0.4, 0.5) is 0 Å². The van der Waals surface area contributed by atoms with E-state index in [9.17, 15) is 5.11 Å². The number of nitrogens with zero attached hydrogens (tertiary/aromatic N) is 1. The van der Waals surface area contributed by atoms with Crippen molar-refractivity contribution in [2.75, 3.05) is 7.11 Å². The van der Waals surface area contributed by atoms with E-state index in [0.29, 0.717) is 6.54 Å². The van der Waals surface area contributed by atoms with Crippen molar-refractivity contribution in [1.29, 1.82) is 0 Å². The number of methoxy groups -OCH3 is 1. The van der Waals surface area contributed by atoms with Gasteiger partial charge in [-0.05, 0) is 11.1 Å². The first-order valence-electron chi connectivity index (χ1n) is 7.03. The highest BCUT2D eigenvalue weighted by atomic mass is 16.8. The van der Waals surface area contributed by atoms with Gasteiger partial charge in [0.25, 0.3) is 0 Å². The van der Waals surface area contributed by atoms with Gasteiger partial charge in [-0.15, -0.1) is 0 Å². The summed E-state index contributed by atoms with van der Waals surface area (Å²) >= 11 is 0. The molecule has 21 heavy (non-hydrogen) atoms. The lowest BCUT2D eigenvalue weighted by atomic mass is 10.0. The zero-order valence-corrected chi connectivity index (χ0v) is 11.9. The topological polar surface area (TPSA) is 41.9 Å². The van der Waals surface area contributed by atoms with Crippen LogP contribution in [0.3, 0.4) is 0 Å². The van der Waals surface area contributed by atoms with Crippen molar-refractivity contribution < 1.29 is 14.7 Å². The number of hydroxylamine groups is 2. The average Bonchev–Trinajstić information content (AvgIpc) is 2.85. The monoisotopic (exact) mass is 285 g/mol. The number of benzene rings is 2. The molecular formula is C17H19NO3. The maximum Gasteiger partial charge on any atom is 0.205 e. The van der Waals surface area contributed by atoms with Crippen molar-refractivity contribution >= 4 is 0 Å². The van der Waals surface area contributed by atoms with E-state index < -0.39 is 12.4 Å². The minimum atomic E-state index is -0.721. The summed E-state index contributed by atoms with van der Waals surface area (Å²) in [5.74, 6) is 0. The van der Waals surface area contributed by atoms with Crippen LogP contribution in [0.15, 0.2) is 60.7 Å². The second kappa shape index (κ2) is 6.37. The predicted octanol–water partition coefficient (Wildman–Crippen LogP) is 2.51. The van der Waals surface area contributed by atoms with E-state index in [4.69, 9.17) is 9.57 Å². The van der Waals surface area contributed by atoms with Gasteiger partial charge in [-0.3, -0.25) is 4.84 Å². The first-order valence-corrected chi connectivity index (χ1v) is 7.03. The fourth-order valence-electron chi connectivity index (χ4n) is 2.68. The molecule has 0 saturated carbocycles. The van der Waals surface area contributed by atoms with Gasteiger partial charge in [-0.25, -0.2) is 0 Å². The molecule has 0 aliphatic carbocycles. The lowest BCUT2D eigenvalue weighted by Gasteiger charge is -2.23. The average molecular weight is 285 g/mol. The quantitative estimate of drug-likeness (QED) is 0.937. The molecule has 3 rings (SSSR count). The lowest BCUT2D eigenvalue weighted by Crippen LogP contribution is -2.28. The predicted molar refractivity (Wildman–Crippen MR) is 79.1 cm³/mol. The molecule has 3 atom stereocenters. The molecule has 0 radical (unpaired) electrons. The molecule has 4 heteroatoms. The molecule has 110 valence electrons. The number of rotatable bonds is 4. The van der Waals surface area contributed by atoms with Gasteiger partial charge in [0.2, 0.25) is 6.29 Å². The van der Waals surface area contributed by atoms with Crippen LogP contribution < -0.4 is 0 Å². The van der Waals surface area contributed by atoms with Crippen LogP contribution in [-0.4, -0.2) is 29.7 Å². The van der Waals surface area contributed by atoms with Crippen LogP contribution >= 0.6 is 0 Å². The molecule has 2 aromatic rings. The van der Waals surface area contributed by atoms with Gasteiger partial charge in [0.15, 0.2) is 0 Å². The van der Waals surface area contributed by atoms with Gasteiger partial charge in [-0.2, -0.15) is 5.06 Å². The Morgan fingerprint density at radius 1 is 1.05 bits per heavy atom. The Bertz CT molecular complexity index is 561. The van der Waals surface area contributed by atoms with Crippen LogP contribution in [0, 0.1) is 0 Å². The Kier molecular flexibility index (Phi) is 4.31. The minimum Gasteiger partial charge on any atom is -0.386 e. The van der Waals surface area contributed by atoms with Gasteiger partial charge in [-0.1, -0.05) is 60.7 Å². The molecule has 4 nitrogen and oxygen atoms in total. The Hall–Kier alpha value is -1.72. The van der Waals surface area contributed by atoms with Gasteiger partial charge in [0, 0.05) is 7.11 Å². The fourth-order valence-corrected chi connectivity index (χ4v) is 2.68. The summed E-state index contributed by atoms with van der Waals surface area (Å²) in [5.41, 5.74) is 2.14. The fraction of sp³-hybridized carbons (Fsp3) is 0.294. The number of ether oxygens (including phenoxy) is 1. The molecule has 1 saturated heterocycles. The van der Waals surface area contributed by atoms with E-state index in [0.717, 1.165) is 11.1 Å². The van der Waals surface area contributed by atoms with Gasteiger partial charge < -0.3 is 9.84 Å². The van der Waals surface area contributed by atoms with E-state index in [1.54, 1.807) is 12.2 Å². The lowest BCUT2D eigenvalue weighted by molar-refractivity contribution is -0.243. The summed E-state index contributed by atoms with van der Waals surface area (Å²) in [5, 5.41) is 12.3. The van der Waals surface area contributed by atoms with Crippen molar-refractivity contribution in [3.63, 3.8) is 0 Å². The second-order valence-corrected chi connectivity index (χ2v) is 5.12. The zero-order valence-electron chi connectivity index (χ0n) is 11.9. The number of aliphatic hydroxyl groups is 1. The summed E-state index contributed by atoms with van der Waals surface area (Å²) < 4.78 is 5.23. The summed E-state index contributed by atoms with van der Waals surface area (Å²) in [6.07, 6.45) is -1.36. The van der Waals surface area contributed by atoms with Crippen molar-refractivity contribution in [3.8, 4) is 0 Å². The molecule has 0 bridgehead atoms. The van der Waals surface area contributed by atoms with Gasteiger partial charge >= 0.3 is 0 Å². The molecule has 0 amide bonds. The highest BCUT2D eigenvalue weighted by molar-refractivity contribution is 5.22. The highest BCUT2D eigenvalue weighted by Crippen LogP contribution is 2.35. The Morgan fingerprint density at radius 2 is 1.67 bits per heavy atom. The van der Waals surface area contributed by atoms with E-state index >= 15 is 0 Å². The Balaban J connectivity index is 1.86. The third-order valence-corrected chi connectivity index (χ3v) is 3.71. The maximum absolute atomic E-state index is 10.5.